The van der Waals surface area contributed by atoms with Crippen LogP contribution in [0.1, 0.15) is 29.7 Å². The van der Waals surface area contributed by atoms with Crippen LogP contribution in [0.2, 0.25) is 0 Å². The lowest BCUT2D eigenvalue weighted by Crippen LogP contribution is -2.29. The van der Waals surface area contributed by atoms with Crippen LogP contribution in [-0.4, -0.2) is 33.6 Å². The first-order valence-electron chi connectivity index (χ1n) is 11.8. The van der Waals surface area contributed by atoms with Gasteiger partial charge in [0.25, 0.3) is 5.78 Å². The Morgan fingerprint density at radius 2 is 1.74 bits per heavy atom. The number of halogens is 1. The molecule has 0 aliphatic carbocycles. The third-order valence-electron chi connectivity index (χ3n) is 5.88. The first-order chi connectivity index (χ1) is 18.5. The highest BCUT2D eigenvalue weighted by Crippen LogP contribution is 2.44. The fourth-order valence-corrected chi connectivity index (χ4v) is 6.19. The maximum atomic E-state index is 13.4. The highest BCUT2D eigenvalue weighted by atomic mass is 79.9. The number of ether oxygens (including phenoxy) is 1. The second-order valence-corrected chi connectivity index (χ2v) is 11.4. The van der Waals surface area contributed by atoms with Crippen molar-refractivity contribution in [1.82, 2.24) is 10.2 Å². The third kappa shape index (κ3) is 5.38. The van der Waals surface area contributed by atoms with E-state index in [-0.39, 0.29) is 11.3 Å². The normalized spacial score (nSPS) is 16.7. The molecule has 3 aromatic carbocycles. The number of benzene rings is 3. The number of rotatable bonds is 8. The molecule has 7 nitrogen and oxygen atoms in total. The Bertz CT molecular complexity index is 1490. The number of carbonyl (C=O) groups is 2. The average molecular weight is 609 g/mol. The van der Waals surface area contributed by atoms with Crippen LogP contribution < -0.4 is 9.64 Å². The van der Waals surface area contributed by atoms with Crippen LogP contribution in [0.25, 0.3) is 5.76 Å². The Balaban J connectivity index is 1.53. The fourth-order valence-electron chi connectivity index (χ4n) is 4.10. The fraction of sp³-hybridized carbons (Fsp3) is 0.143. The Labute approximate surface area is 236 Å². The summed E-state index contributed by atoms with van der Waals surface area (Å²) in [5.41, 5.74) is 2.20. The second kappa shape index (κ2) is 11.5. The minimum atomic E-state index is -0.866. The number of amides is 1. The van der Waals surface area contributed by atoms with Crippen molar-refractivity contribution in [3.63, 3.8) is 0 Å². The molecule has 0 bridgehead atoms. The van der Waals surface area contributed by atoms with Gasteiger partial charge < -0.3 is 9.84 Å². The average Bonchev–Trinajstić information content (AvgIpc) is 3.51. The van der Waals surface area contributed by atoms with Crippen LogP contribution in [-0.2, 0) is 15.3 Å². The van der Waals surface area contributed by atoms with Gasteiger partial charge in [0.2, 0.25) is 5.13 Å². The molecule has 1 fully saturated rings. The molecule has 0 saturated carbocycles. The Hall–Kier alpha value is -3.47. The third-order valence-corrected chi connectivity index (χ3v) is 8.53. The number of hydrogen-bond acceptors (Lipinski definition) is 8. The van der Waals surface area contributed by atoms with Gasteiger partial charge in [-0.2, -0.15) is 0 Å². The van der Waals surface area contributed by atoms with Crippen molar-refractivity contribution in [3.8, 4) is 5.75 Å². The van der Waals surface area contributed by atoms with E-state index in [4.69, 9.17) is 4.74 Å². The van der Waals surface area contributed by atoms with Gasteiger partial charge in [-0.05, 0) is 54.4 Å². The number of hydrogen-bond donors (Lipinski definition) is 1. The summed E-state index contributed by atoms with van der Waals surface area (Å²) in [5.74, 6) is -0.463. The number of aromatic nitrogens is 2. The Kier molecular flexibility index (Phi) is 7.92. The van der Waals surface area contributed by atoms with E-state index in [1.165, 1.54) is 28.0 Å². The zero-order valence-corrected chi connectivity index (χ0v) is 23.4. The Morgan fingerprint density at radius 1 is 1.03 bits per heavy atom. The van der Waals surface area contributed by atoms with E-state index in [1.54, 1.807) is 24.3 Å². The van der Waals surface area contributed by atoms with Gasteiger partial charge in [-0.25, -0.2) is 0 Å². The number of aliphatic hydroxyl groups is 1. The Morgan fingerprint density at radius 3 is 2.42 bits per heavy atom. The molecule has 0 radical (unpaired) electrons. The summed E-state index contributed by atoms with van der Waals surface area (Å²) in [5, 5.41) is 20.1. The summed E-state index contributed by atoms with van der Waals surface area (Å²) >= 11 is 6.18. The summed E-state index contributed by atoms with van der Waals surface area (Å²) in [6.07, 6.45) is 0. The summed E-state index contributed by atoms with van der Waals surface area (Å²) in [4.78, 5) is 28.0. The minimum Gasteiger partial charge on any atom is -0.507 e. The number of anilines is 1. The molecule has 1 atom stereocenters. The molecule has 1 aliphatic rings. The molecular weight excluding hydrogens is 586 g/mol. The molecule has 4 aromatic rings. The number of Topliss-reactive ketones (excluding diaryl/α,β-unsaturated/α-hetero) is 1. The van der Waals surface area contributed by atoms with Crippen LogP contribution in [0.3, 0.4) is 0 Å². The lowest BCUT2D eigenvalue weighted by atomic mass is 9.95. The molecule has 1 unspecified atom stereocenters. The van der Waals surface area contributed by atoms with Gasteiger partial charge in [-0.3, -0.25) is 14.5 Å². The van der Waals surface area contributed by atoms with Crippen LogP contribution in [0.4, 0.5) is 5.13 Å². The maximum Gasteiger partial charge on any atom is 0.301 e. The van der Waals surface area contributed by atoms with Crippen molar-refractivity contribution >= 4 is 61.6 Å². The summed E-state index contributed by atoms with van der Waals surface area (Å²) in [6.45, 7) is 2.39. The molecule has 38 heavy (non-hydrogen) atoms. The first kappa shape index (κ1) is 26.1. The van der Waals surface area contributed by atoms with Crippen molar-refractivity contribution in [2.24, 2.45) is 0 Å². The monoisotopic (exact) mass is 607 g/mol. The van der Waals surface area contributed by atoms with Gasteiger partial charge in [0, 0.05) is 15.8 Å². The number of thioether (sulfide) groups is 1. The molecule has 1 N–H and O–H groups in total. The summed E-state index contributed by atoms with van der Waals surface area (Å²) in [7, 11) is 0. The van der Waals surface area contributed by atoms with Crippen LogP contribution >= 0.6 is 39.0 Å². The highest BCUT2D eigenvalue weighted by molar-refractivity contribution is 9.10. The van der Waals surface area contributed by atoms with Crippen molar-refractivity contribution in [2.75, 3.05) is 11.5 Å². The van der Waals surface area contributed by atoms with E-state index in [1.807, 2.05) is 61.5 Å². The summed E-state index contributed by atoms with van der Waals surface area (Å²) in [6, 6.07) is 23.1. The maximum absolute atomic E-state index is 13.4. The molecule has 1 saturated heterocycles. The minimum absolute atomic E-state index is 0.00447. The molecule has 1 aromatic heterocycles. The lowest BCUT2D eigenvalue weighted by molar-refractivity contribution is -0.132. The topological polar surface area (TPSA) is 92.6 Å². The van der Waals surface area contributed by atoms with Gasteiger partial charge in [-0.15, -0.1) is 10.2 Å². The molecule has 1 amide bonds. The zero-order chi connectivity index (χ0) is 26.6. The quantitative estimate of drug-likeness (QED) is 0.0791. The van der Waals surface area contributed by atoms with E-state index < -0.39 is 17.7 Å². The number of carbonyl (C=O) groups excluding carboxylic acids is 2. The highest BCUT2D eigenvalue weighted by Gasteiger charge is 2.48. The van der Waals surface area contributed by atoms with E-state index in [9.17, 15) is 14.7 Å². The molecule has 5 rings (SSSR count). The lowest BCUT2D eigenvalue weighted by Gasteiger charge is -2.22. The predicted molar refractivity (Wildman–Crippen MR) is 152 cm³/mol. The number of nitrogens with zero attached hydrogens (tertiary/aromatic N) is 3. The van der Waals surface area contributed by atoms with Crippen molar-refractivity contribution in [2.45, 2.75) is 23.1 Å². The van der Waals surface area contributed by atoms with Crippen molar-refractivity contribution in [1.29, 1.82) is 0 Å². The summed E-state index contributed by atoms with van der Waals surface area (Å²) < 4.78 is 7.00. The van der Waals surface area contributed by atoms with Crippen LogP contribution in [0, 0.1) is 0 Å². The SMILES string of the molecule is CCOc1ccc(/C(O)=C2/C(=O)C(=O)N(c3nnc(SCc4ccccc4)s3)C2c2ccc(Br)cc2)cc1. The number of aliphatic hydroxyl groups excluding tert-OH is 1. The van der Waals surface area contributed by atoms with E-state index >= 15 is 0 Å². The molecular formula is C28H22BrN3O4S2. The molecule has 192 valence electrons. The first-order valence-corrected chi connectivity index (χ1v) is 14.4. The zero-order valence-electron chi connectivity index (χ0n) is 20.2. The van der Waals surface area contributed by atoms with Gasteiger partial charge in [0.05, 0.1) is 18.2 Å². The predicted octanol–water partition coefficient (Wildman–Crippen LogP) is 6.62. The standard InChI is InChI=1S/C28H22BrN3O4S2/c1-2-36-21-14-10-19(11-15-21)24(33)22-23(18-8-12-20(29)13-9-18)32(26(35)25(22)34)27-30-31-28(38-27)37-16-17-6-4-3-5-7-17/h3-15,23,33H,2,16H2,1H3/b24-22-. The largest absolute Gasteiger partial charge is 0.507 e. The van der Waals surface area contributed by atoms with E-state index in [0.29, 0.717) is 38.7 Å². The van der Waals surface area contributed by atoms with Crippen LogP contribution in [0.15, 0.2) is 93.2 Å². The smallest absolute Gasteiger partial charge is 0.301 e. The van der Waals surface area contributed by atoms with Gasteiger partial charge >= 0.3 is 5.91 Å². The molecule has 0 spiro atoms. The molecule has 1 aliphatic heterocycles. The number of ketones is 1. The van der Waals surface area contributed by atoms with E-state index in [2.05, 4.69) is 26.1 Å². The van der Waals surface area contributed by atoms with Gasteiger partial charge in [-0.1, -0.05) is 81.5 Å². The molecule has 10 heteroatoms. The van der Waals surface area contributed by atoms with Crippen molar-refractivity contribution in [3.05, 3.63) is 106 Å². The van der Waals surface area contributed by atoms with Crippen molar-refractivity contribution < 1.29 is 19.4 Å². The van der Waals surface area contributed by atoms with Gasteiger partial charge in [0.1, 0.15) is 11.5 Å². The van der Waals surface area contributed by atoms with Gasteiger partial charge in [0.15, 0.2) is 4.34 Å². The van der Waals surface area contributed by atoms with E-state index in [0.717, 1.165) is 10.0 Å². The second-order valence-electron chi connectivity index (χ2n) is 8.30. The molecule has 2 heterocycles. The van der Waals surface area contributed by atoms with Crippen LogP contribution in [0.5, 0.6) is 5.75 Å².